The highest BCUT2D eigenvalue weighted by Gasteiger charge is 2.16. The van der Waals surface area contributed by atoms with Crippen molar-refractivity contribution in [1.29, 1.82) is 0 Å². The Labute approximate surface area is 114 Å². The van der Waals surface area contributed by atoms with Gasteiger partial charge in [0, 0.05) is 9.79 Å². The zero-order valence-corrected chi connectivity index (χ0v) is 11.9. The first-order valence-corrected chi connectivity index (χ1v) is 7.59. The summed E-state index contributed by atoms with van der Waals surface area (Å²) in [5, 5.41) is 2.73. The summed E-state index contributed by atoms with van der Waals surface area (Å²) in [5.74, 6) is 0. The molecule has 1 heterocycles. The third kappa shape index (κ3) is 1.96. The van der Waals surface area contributed by atoms with E-state index in [0.29, 0.717) is 0 Å². The van der Waals surface area contributed by atoms with E-state index in [4.69, 9.17) is 0 Å². The lowest BCUT2D eigenvalue weighted by molar-refractivity contribution is 1.09. The largest absolute Gasteiger partial charge is 0.135 e. The number of thiol groups is 2. The van der Waals surface area contributed by atoms with E-state index in [1.807, 2.05) is 0 Å². The maximum atomic E-state index is 4.43. The van der Waals surface area contributed by atoms with Gasteiger partial charge in [0.25, 0.3) is 0 Å². The topological polar surface area (TPSA) is 0 Å². The van der Waals surface area contributed by atoms with E-state index in [0.717, 1.165) is 21.3 Å². The van der Waals surface area contributed by atoms with Crippen LogP contribution < -0.4 is 10.4 Å². The minimum absolute atomic E-state index is 1.00. The standard InChI is InChI=1S/C12H10S4/c13-11-12(14)16-10-6-8-4-2-1-3-7(8)5-9(10)15-11/h3-6,13-14H,1-2H2. The summed E-state index contributed by atoms with van der Waals surface area (Å²) in [4.78, 5) is 2.61. The lowest BCUT2D eigenvalue weighted by Crippen LogP contribution is -2.27. The molecular formula is C12H10S4. The van der Waals surface area contributed by atoms with Gasteiger partial charge < -0.3 is 0 Å². The molecule has 0 amide bonds. The van der Waals surface area contributed by atoms with Crippen LogP contribution >= 0.6 is 48.8 Å². The first-order valence-electron chi connectivity index (χ1n) is 5.06. The van der Waals surface area contributed by atoms with E-state index < -0.39 is 0 Å². The number of hydrogen-bond donors (Lipinski definition) is 2. The van der Waals surface area contributed by atoms with Crippen molar-refractivity contribution >= 4 is 60.9 Å². The summed E-state index contributed by atoms with van der Waals surface area (Å²) in [6, 6.07) is 4.54. The predicted molar refractivity (Wildman–Crippen MR) is 80.6 cm³/mol. The molecule has 2 aliphatic rings. The molecule has 1 aliphatic carbocycles. The number of thioether (sulfide) groups is 2. The molecule has 16 heavy (non-hydrogen) atoms. The van der Waals surface area contributed by atoms with Gasteiger partial charge in [-0.3, -0.25) is 0 Å². The Hall–Kier alpha value is 0.1000. The summed E-state index contributed by atoms with van der Waals surface area (Å²) in [6.07, 6.45) is 6.95. The third-order valence-corrected chi connectivity index (χ3v) is 6.28. The molecule has 0 atom stereocenters. The Morgan fingerprint density at radius 2 is 1.25 bits per heavy atom. The third-order valence-electron chi connectivity index (χ3n) is 2.64. The molecule has 0 N–H and O–H groups in total. The maximum absolute atomic E-state index is 4.43. The van der Waals surface area contributed by atoms with Gasteiger partial charge in [-0.1, -0.05) is 35.7 Å². The Bertz CT molecular complexity index is 545. The second kappa shape index (κ2) is 4.41. The van der Waals surface area contributed by atoms with Gasteiger partial charge >= 0.3 is 0 Å². The van der Waals surface area contributed by atoms with Crippen LogP contribution in [0.4, 0.5) is 0 Å². The SMILES string of the molecule is SC1=C(S)Sc2cc3c(cc2S1)=CCCC=3. The van der Waals surface area contributed by atoms with Crippen LogP contribution in [-0.2, 0) is 0 Å². The quantitative estimate of drug-likeness (QED) is 0.701. The van der Waals surface area contributed by atoms with Crippen molar-refractivity contribution in [2.75, 3.05) is 0 Å². The smallest absolute Gasteiger partial charge is 0.0621 e. The van der Waals surface area contributed by atoms with Crippen LogP contribution in [0.15, 0.2) is 30.4 Å². The summed E-state index contributed by atoms with van der Waals surface area (Å²) in [5.41, 5.74) is 0. The zero-order valence-electron chi connectivity index (χ0n) is 8.43. The normalized spacial score (nSPS) is 18.4. The molecule has 1 aromatic carbocycles. The average Bonchev–Trinajstić information content (AvgIpc) is 2.28. The monoisotopic (exact) mass is 282 g/mol. The minimum atomic E-state index is 1.00. The summed E-state index contributed by atoms with van der Waals surface area (Å²) < 4.78 is 2.00. The van der Waals surface area contributed by atoms with E-state index in [-0.39, 0.29) is 0 Å². The van der Waals surface area contributed by atoms with Gasteiger partial charge in [-0.25, -0.2) is 0 Å². The summed E-state index contributed by atoms with van der Waals surface area (Å²) >= 11 is 12.3. The number of benzene rings is 1. The molecule has 0 saturated heterocycles. The number of hydrogen-bond acceptors (Lipinski definition) is 4. The molecule has 0 saturated carbocycles. The van der Waals surface area contributed by atoms with E-state index >= 15 is 0 Å². The van der Waals surface area contributed by atoms with Crippen LogP contribution in [0.2, 0.25) is 0 Å². The molecule has 0 unspecified atom stereocenters. The van der Waals surface area contributed by atoms with Crippen molar-refractivity contribution < 1.29 is 0 Å². The molecule has 4 heteroatoms. The van der Waals surface area contributed by atoms with Crippen LogP contribution in [0.1, 0.15) is 12.8 Å². The minimum Gasteiger partial charge on any atom is -0.135 e. The Morgan fingerprint density at radius 3 is 1.69 bits per heavy atom. The lowest BCUT2D eigenvalue weighted by atomic mass is 10.1. The maximum Gasteiger partial charge on any atom is 0.0621 e. The van der Waals surface area contributed by atoms with Crippen LogP contribution in [0.5, 0.6) is 0 Å². The van der Waals surface area contributed by atoms with Crippen LogP contribution in [0, 0.1) is 0 Å². The van der Waals surface area contributed by atoms with Gasteiger partial charge in [0.05, 0.1) is 8.47 Å². The molecule has 0 nitrogen and oxygen atoms in total. The van der Waals surface area contributed by atoms with Crippen LogP contribution in [0.3, 0.4) is 0 Å². The Morgan fingerprint density at radius 1 is 0.812 bits per heavy atom. The van der Waals surface area contributed by atoms with Gasteiger partial charge in [-0.15, -0.1) is 25.3 Å². The molecule has 0 bridgehead atoms. The fourth-order valence-electron chi connectivity index (χ4n) is 1.88. The molecule has 82 valence electrons. The molecule has 0 radical (unpaired) electrons. The average molecular weight is 282 g/mol. The summed E-state index contributed by atoms with van der Waals surface area (Å²) in [6.45, 7) is 0. The zero-order chi connectivity index (χ0) is 11.1. The number of fused-ring (bicyclic) bond motifs is 2. The van der Waals surface area contributed by atoms with Crippen molar-refractivity contribution in [3.8, 4) is 0 Å². The van der Waals surface area contributed by atoms with Gasteiger partial charge in [0.1, 0.15) is 0 Å². The molecule has 0 fully saturated rings. The fourth-order valence-corrected chi connectivity index (χ4v) is 4.52. The van der Waals surface area contributed by atoms with Crippen molar-refractivity contribution in [2.45, 2.75) is 22.6 Å². The van der Waals surface area contributed by atoms with Crippen LogP contribution in [0.25, 0.3) is 12.2 Å². The predicted octanol–water partition coefficient (Wildman–Crippen LogP) is 3.23. The fraction of sp³-hybridized carbons (Fsp3) is 0.167. The highest BCUT2D eigenvalue weighted by molar-refractivity contribution is 8.23. The molecule has 3 rings (SSSR count). The van der Waals surface area contributed by atoms with Crippen molar-refractivity contribution in [3.05, 3.63) is 31.0 Å². The number of rotatable bonds is 0. The van der Waals surface area contributed by atoms with Crippen molar-refractivity contribution in [1.82, 2.24) is 0 Å². The van der Waals surface area contributed by atoms with Gasteiger partial charge in [-0.2, -0.15) is 0 Å². The Balaban J connectivity index is 2.20. The highest BCUT2D eigenvalue weighted by atomic mass is 32.2. The van der Waals surface area contributed by atoms with E-state index in [2.05, 4.69) is 49.5 Å². The first kappa shape index (κ1) is 11.2. The van der Waals surface area contributed by atoms with E-state index in [1.54, 1.807) is 23.5 Å². The van der Waals surface area contributed by atoms with E-state index in [1.165, 1.54) is 20.2 Å². The first-order chi connectivity index (χ1) is 7.74. The second-order valence-electron chi connectivity index (χ2n) is 3.73. The molecule has 1 aromatic rings. The molecule has 0 spiro atoms. The summed E-state index contributed by atoms with van der Waals surface area (Å²) in [7, 11) is 0. The lowest BCUT2D eigenvalue weighted by Gasteiger charge is -2.16. The highest BCUT2D eigenvalue weighted by Crippen LogP contribution is 2.48. The van der Waals surface area contributed by atoms with Gasteiger partial charge in [0.2, 0.25) is 0 Å². The molecule has 1 aliphatic heterocycles. The van der Waals surface area contributed by atoms with Crippen molar-refractivity contribution in [2.24, 2.45) is 0 Å². The van der Waals surface area contributed by atoms with Crippen LogP contribution in [-0.4, -0.2) is 0 Å². The molecule has 0 aromatic heterocycles. The van der Waals surface area contributed by atoms with Crippen molar-refractivity contribution in [3.63, 3.8) is 0 Å². The van der Waals surface area contributed by atoms with E-state index in [9.17, 15) is 0 Å². The Kier molecular flexibility index (Phi) is 3.09. The second-order valence-corrected chi connectivity index (χ2v) is 7.33. The van der Waals surface area contributed by atoms with Gasteiger partial charge in [-0.05, 0) is 35.4 Å². The van der Waals surface area contributed by atoms with Gasteiger partial charge in [0.15, 0.2) is 0 Å². The molecular weight excluding hydrogens is 272 g/mol.